The molecule has 2 aromatic heterocycles. The molecule has 1 amide bonds. The second-order valence-electron chi connectivity index (χ2n) is 5.87. The number of imidazole rings is 1. The summed E-state index contributed by atoms with van der Waals surface area (Å²) in [6.45, 7) is 0. The Labute approximate surface area is 120 Å². The number of hydrogen-bond acceptors (Lipinski definition) is 3. The van der Waals surface area contributed by atoms with Crippen LogP contribution in [-0.2, 0) is 0 Å². The van der Waals surface area contributed by atoms with E-state index in [9.17, 15) is 9.59 Å². The van der Waals surface area contributed by atoms with E-state index in [-0.39, 0.29) is 17.8 Å². The van der Waals surface area contributed by atoms with Crippen molar-refractivity contribution in [2.24, 2.45) is 0 Å². The van der Waals surface area contributed by atoms with Crippen LogP contribution in [0.1, 0.15) is 37.8 Å². The highest BCUT2D eigenvalue weighted by Crippen LogP contribution is 2.38. The summed E-state index contributed by atoms with van der Waals surface area (Å²) in [5.41, 5.74) is 1.60. The molecule has 2 heterocycles. The van der Waals surface area contributed by atoms with E-state index in [1.54, 1.807) is 10.8 Å². The number of nitrogens with one attached hydrogen (secondary N) is 1. The van der Waals surface area contributed by atoms with Crippen molar-refractivity contribution in [2.75, 3.05) is 0 Å². The van der Waals surface area contributed by atoms with Crippen LogP contribution in [0.3, 0.4) is 0 Å². The molecule has 0 spiro atoms. The number of carbonyl (C=O) groups is 1. The summed E-state index contributed by atoms with van der Waals surface area (Å²) in [7, 11) is 0. The van der Waals surface area contributed by atoms with Gasteiger partial charge in [-0.15, -0.1) is 0 Å². The molecule has 110 valence electrons. The second-order valence-corrected chi connectivity index (χ2v) is 5.87. The second kappa shape index (κ2) is 4.34. The van der Waals surface area contributed by atoms with Gasteiger partial charge in [0.2, 0.25) is 0 Å². The van der Waals surface area contributed by atoms with Gasteiger partial charge in [0.25, 0.3) is 0 Å². The Morgan fingerprint density at radius 2 is 2.05 bits per heavy atom. The van der Waals surface area contributed by atoms with Gasteiger partial charge in [0.05, 0.1) is 5.52 Å². The number of fused-ring (bicyclic) bond motifs is 1. The molecule has 2 aliphatic rings. The van der Waals surface area contributed by atoms with E-state index in [1.807, 2.05) is 16.7 Å². The largest absolute Gasteiger partial charge is 0.465 e. The van der Waals surface area contributed by atoms with E-state index in [2.05, 4.69) is 10.3 Å². The standard InChI is InChI=1S/C14H16N4O3/c19-13(20)16-8-6-10(7-8)18-12-11(2-1-5-15-12)17(14(18)21)9-3-4-9/h1-2,5,8-10,16H,3-4,6-7H2,(H,19,20). The molecule has 0 aromatic carbocycles. The van der Waals surface area contributed by atoms with Crippen LogP contribution >= 0.6 is 0 Å². The minimum Gasteiger partial charge on any atom is -0.465 e. The summed E-state index contributed by atoms with van der Waals surface area (Å²) in [5.74, 6) is 0. The van der Waals surface area contributed by atoms with E-state index < -0.39 is 6.09 Å². The first-order valence-electron chi connectivity index (χ1n) is 7.22. The predicted octanol–water partition coefficient (Wildman–Crippen LogP) is 1.50. The molecule has 0 bridgehead atoms. The highest BCUT2D eigenvalue weighted by Gasteiger charge is 2.36. The SMILES string of the molecule is O=C(O)NC1CC(n2c(=O)n(C3CC3)c3cccnc32)C1. The van der Waals surface area contributed by atoms with Crippen LogP contribution < -0.4 is 11.0 Å². The van der Waals surface area contributed by atoms with Crippen molar-refractivity contribution in [3.63, 3.8) is 0 Å². The molecular formula is C14H16N4O3. The van der Waals surface area contributed by atoms with E-state index in [0.717, 1.165) is 18.4 Å². The molecule has 0 aliphatic heterocycles. The lowest BCUT2D eigenvalue weighted by Gasteiger charge is -2.35. The summed E-state index contributed by atoms with van der Waals surface area (Å²) in [4.78, 5) is 27.7. The zero-order valence-corrected chi connectivity index (χ0v) is 11.4. The Bertz CT molecular complexity index is 768. The van der Waals surface area contributed by atoms with Crippen molar-refractivity contribution in [3.05, 3.63) is 28.8 Å². The van der Waals surface area contributed by atoms with E-state index in [1.165, 1.54) is 0 Å². The highest BCUT2D eigenvalue weighted by molar-refractivity contribution is 5.72. The fourth-order valence-corrected chi connectivity index (χ4v) is 3.18. The zero-order chi connectivity index (χ0) is 14.6. The maximum Gasteiger partial charge on any atom is 0.404 e. The van der Waals surface area contributed by atoms with Crippen molar-refractivity contribution < 1.29 is 9.90 Å². The number of pyridine rings is 1. The Kier molecular flexibility index (Phi) is 2.57. The quantitative estimate of drug-likeness (QED) is 0.895. The third-order valence-corrected chi connectivity index (χ3v) is 4.38. The Hall–Kier alpha value is -2.31. The molecule has 21 heavy (non-hydrogen) atoms. The van der Waals surface area contributed by atoms with Gasteiger partial charge in [0.15, 0.2) is 5.65 Å². The summed E-state index contributed by atoms with van der Waals surface area (Å²) in [6, 6.07) is 4.05. The van der Waals surface area contributed by atoms with Crippen LogP contribution in [0.25, 0.3) is 11.2 Å². The van der Waals surface area contributed by atoms with E-state index in [4.69, 9.17) is 5.11 Å². The summed E-state index contributed by atoms with van der Waals surface area (Å²) < 4.78 is 3.59. The van der Waals surface area contributed by atoms with E-state index in [0.29, 0.717) is 24.5 Å². The molecule has 7 nitrogen and oxygen atoms in total. The van der Waals surface area contributed by atoms with E-state index >= 15 is 0 Å². The molecule has 2 fully saturated rings. The van der Waals surface area contributed by atoms with Crippen LogP contribution in [0.4, 0.5) is 4.79 Å². The smallest absolute Gasteiger partial charge is 0.404 e. The molecule has 2 aliphatic carbocycles. The van der Waals surface area contributed by atoms with Crippen molar-refractivity contribution in [3.8, 4) is 0 Å². The third-order valence-electron chi connectivity index (χ3n) is 4.38. The number of nitrogens with zero attached hydrogens (tertiary/aromatic N) is 3. The minimum absolute atomic E-state index is 0.00928. The average Bonchev–Trinajstić information content (AvgIpc) is 3.18. The highest BCUT2D eigenvalue weighted by atomic mass is 16.4. The number of aromatic nitrogens is 3. The Morgan fingerprint density at radius 1 is 1.29 bits per heavy atom. The Balaban J connectivity index is 1.71. The number of amides is 1. The lowest BCUT2D eigenvalue weighted by atomic mass is 9.86. The predicted molar refractivity (Wildman–Crippen MR) is 75.5 cm³/mol. The topological polar surface area (TPSA) is 89.1 Å². The van der Waals surface area contributed by atoms with Gasteiger partial charge in [0, 0.05) is 24.3 Å². The minimum atomic E-state index is -1.01. The Morgan fingerprint density at radius 3 is 2.71 bits per heavy atom. The van der Waals surface area contributed by atoms with Crippen LogP contribution in [0, 0.1) is 0 Å². The van der Waals surface area contributed by atoms with Gasteiger partial charge >= 0.3 is 11.8 Å². The van der Waals surface area contributed by atoms with Crippen LogP contribution in [0.2, 0.25) is 0 Å². The fraction of sp³-hybridized carbons (Fsp3) is 0.500. The summed E-state index contributed by atoms with van der Waals surface area (Å²) >= 11 is 0. The zero-order valence-electron chi connectivity index (χ0n) is 11.4. The maximum absolute atomic E-state index is 12.7. The molecule has 0 saturated heterocycles. The monoisotopic (exact) mass is 288 g/mol. The van der Waals surface area contributed by atoms with Gasteiger partial charge in [-0.2, -0.15) is 0 Å². The normalized spacial score (nSPS) is 24.8. The maximum atomic E-state index is 12.7. The first-order valence-corrected chi connectivity index (χ1v) is 7.22. The first kappa shape index (κ1) is 12.4. The number of rotatable bonds is 3. The fourth-order valence-electron chi connectivity index (χ4n) is 3.18. The molecule has 4 rings (SSSR count). The van der Waals surface area contributed by atoms with Crippen molar-refractivity contribution in [1.29, 1.82) is 0 Å². The summed E-state index contributed by atoms with van der Waals surface area (Å²) in [6.07, 6.45) is 4.06. The first-order chi connectivity index (χ1) is 10.1. The molecule has 2 saturated carbocycles. The molecule has 0 atom stereocenters. The average molecular weight is 288 g/mol. The molecule has 7 heteroatoms. The molecule has 0 radical (unpaired) electrons. The van der Waals surface area contributed by atoms with Crippen molar-refractivity contribution in [2.45, 2.75) is 43.8 Å². The van der Waals surface area contributed by atoms with Gasteiger partial charge in [0.1, 0.15) is 0 Å². The number of carboxylic acid groups (broad SMARTS) is 1. The van der Waals surface area contributed by atoms with Crippen LogP contribution in [0.5, 0.6) is 0 Å². The lowest BCUT2D eigenvalue weighted by Crippen LogP contribution is -2.46. The molecule has 2 N–H and O–H groups in total. The third kappa shape index (κ3) is 1.91. The lowest BCUT2D eigenvalue weighted by molar-refractivity contribution is 0.167. The molecular weight excluding hydrogens is 272 g/mol. The van der Waals surface area contributed by atoms with Crippen molar-refractivity contribution >= 4 is 17.3 Å². The van der Waals surface area contributed by atoms with Crippen LogP contribution in [-0.4, -0.2) is 31.4 Å². The van der Waals surface area contributed by atoms with Crippen molar-refractivity contribution in [1.82, 2.24) is 19.4 Å². The van der Waals surface area contributed by atoms with Crippen LogP contribution in [0.15, 0.2) is 23.1 Å². The van der Waals surface area contributed by atoms with Gasteiger partial charge in [-0.25, -0.2) is 14.6 Å². The summed E-state index contributed by atoms with van der Waals surface area (Å²) in [5, 5.41) is 11.2. The van der Waals surface area contributed by atoms with Gasteiger partial charge in [-0.3, -0.25) is 9.13 Å². The molecule has 0 unspecified atom stereocenters. The van der Waals surface area contributed by atoms with Gasteiger partial charge < -0.3 is 10.4 Å². The molecule has 2 aromatic rings. The van der Waals surface area contributed by atoms with Gasteiger partial charge in [-0.1, -0.05) is 0 Å². The van der Waals surface area contributed by atoms with Gasteiger partial charge in [-0.05, 0) is 37.8 Å². The number of hydrogen-bond donors (Lipinski definition) is 2.